The van der Waals surface area contributed by atoms with Gasteiger partial charge in [-0.1, -0.05) is 13.0 Å². The summed E-state index contributed by atoms with van der Waals surface area (Å²) in [6.07, 6.45) is 4.86. The van der Waals surface area contributed by atoms with Gasteiger partial charge in [0.25, 0.3) is 5.91 Å². The van der Waals surface area contributed by atoms with Crippen molar-refractivity contribution >= 4 is 5.91 Å². The molecular weight excluding hydrogens is 292 g/mol. The van der Waals surface area contributed by atoms with Crippen LogP contribution in [0.5, 0.6) is 11.5 Å². The van der Waals surface area contributed by atoms with Crippen LogP contribution in [-0.2, 0) is 4.79 Å². The van der Waals surface area contributed by atoms with Crippen molar-refractivity contribution in [3.05, 3.63) is 35.0 Å². The Hall–Kier alpha value is -2.17. The normalized spacial score (nSPS) is 19.5. The molecule has 5 heteroatoms. The largest absolute Gasteiger partial charge is 0.493 e. The highest BCUT2D eigenvalue weighted by Gasteiger charge is 2.26. The molecule has 0 bridgehead atoms. The van der Waals surface area contributed by atoms with Crippen molar-refractivity contribution in [2.45, 2.75) is 51.6 Å². The summed E-state index contributed by atoms with van der Waals surface area (Å²) in [5, 5.41) is 7.52. The minimum Gasteiger partial charge on any atom is -0.493 e. The molecule has 2 aliphatic rings. The molecule has 1 aliphatic heterocycles. The lowest BCUT2D eigenvalue weighted by molar-refractivity contribution is -0.114. The van der Waals surface area contributed by atoms with Crippen molar-refractivity contribution in [3.8, 4) is 11.5 Å². The lowest BCUT2D eigenvalue weighted by atomic mass is 9.91. The fraction of sp³-hybridized carbons (Fsp3) is 0.500. The van der Waals surface area contributed by atoms with E-state index in [2.05, 4.69) is 10.2 Å². The average molecular weight is 314 g/mol. The van der Waals surface area contributed by atoms with Gasteiger partial charge in [-0.25, -0.2) is 0 Å². The van der Waals surface area contributed by atoms with Gasteiger partial charge in [0, 0.05) is 5.92 Å². The summed E-state index contributed by atoms with van der Waals surface area (Å²) < 4.78 is 11.5. The average Bonchev–Trinajstić information content (AvgIpc) is 3.17. The molecule has 1 unspecified atom stereocenters. The molecule has 1 saturated carbocycles. The van der Waals surface area contributed by atoms with Gasteiger partial charge in [-0.2, -0.15) is 5.11 Å². The van der Waals surface area contributed by atoms with Crippen LogP contribution in [0.3, 0.4) is 0 Å². The van der Waals surface area contributed by atoms with Crippen LogP contribution in [0.4, 0.5) is 0 Å². The maximum atomic E-state index is 11.9. The van der Waals surface area contributed by atoms with Gasteiger partial charge in [0.2, 0.25) is 0 Å². The van der Waals surface area contributed by atoms with Crippen LogP contribution in [-0.4, -0.2) is 19.1 Å². The van der Waals surface area contributed by atoms with Gasteiger partial charge in [-0.05, 0) is 50.3 Å². The zero-order valence-electron chi connectivity index (χ0n) is 13.8. The molecule has 0 N–H and O–H groups in total. The Kier molecular flexibility index (Phi) is 4.46. The van der Waals surface area contributed by atoms with Crippen molar-refractivity contribution in [1.29, 1.82) is 0 Å². The molecule has 1 aliphatic carbocycles. The molecular formula is C18H22N2O3. The molecule has 1 fully saturated rings. The Labute approximate surface area is 136 Å². The summed E-state index contributed by atoms with van der Waals surface area (Å²) in [6, 6.07) is 5.85. The molecule has 0 aromatic heterocycles. The quantitative estimate of drug-likeness (QED) is 0.810. The van der Waals surface area contributed by atoms with Crippen molar-refractivity contribution in [1.82, 2.24) is 0 Å². The van der Waals surface area contributed by atoms with E-state index in [-0.39, 0.29) is 17.9 Å². The van der Waals surface area contributed by atoms with E-state index < -0.39 is 0 Å². The molecule has 1 heterocycles. The summed E-state index contributed by atoms with van der Waals surface area (Å²) in [5.74, 6) is 1.16. The lowest BCUT2D eigenvalue weighted by Gasteiger charge is -2.19. The van der Waals surface area contributed by atoms with Crippen molar-refractivity contribution < 1.29 is 14.3 Å². The predicted octanol–water partition coefficient (Wildman–Crippen LogP) is 4.39. The third-order valence-corrected chi connectivity index (χ3v) is 4.63. The Morgan fingerprint density at radius 2 is 1.91 bits per heavy atom. The maximum absolute atomic E-state index is 11.9. The monoisotopic (exact) mass is 314 g/mol. The van der Waals surface area contributed by atoms with E-state index in [0.29, 0.717) is 11.3 Å². The van der Waals surface area contributed by atoms with Crippen LogP contribution >= 0.6 is 0 Å². The zero-order chi connectivity index (χ0) is 16.4. The SMILES string of the molecule is COc1ccc(C(C)C2=C(C)N=NC2=O)cc1OC1CCCC1. The minimum atomic E-state index is -0.246. The smallest absolute Gasteiger partial charge is 0.293 e. The number of hydrogen-bond acceptors (Lipinski definition) is 4. The van der Waals surface area contributed by atoms with Crippen LogP contribution in [0.15, 0.2) is 39.7 Å². The molecule has 5 nitrogen and oxygen atoms in total. The molecule has 1 atom stereocenters. The Morgan fingerprint density at radius 3 is 2.52 bits per heavy atom. The first-order valence-electron chi connectivity index (χ1n) is 8.11. The number of azo groups is 1. The summed E-state index contributed by atoms with van der Waals surface area (Å²) >= 11 is 0. The van der Waals surface area contributed by atoms with E-state index in [4.69, 9.17) is 9.47 Å². The Morgan fingerprint density at radius 1 is 1.17 bits per heavy atom. The van der Waals surface area contributed by atoms with E-state index in [1.165, 1.54) is 12.8 Å². The summed E-state index contributed by atoms with van der Waals surface area (Å²) in [5.41, 5.74) is 2.35. The number of methoxy groups -OCH3 is 1. The number of benzene rings is 1. The maximum Gasteiger partial charge on any atom is 0.293 e. The van der Waals surface area contributed by atoms with Crippen molar-refractivity contribution in [2.24, 2.45) is 10.2 Å². The molecule has 1 amide bonds. The molecule has 0 radical (unpaired) electrons. The van der Waals surface area contributed by atoms with Gasteiger partial charge < -0.3 is 9.47 Å². The molecule has 23 heavy (non-hydrogen) atoms. The third kappa shape index (κ3) is 3.14. The number of nitrogens with zero attached hydrogens (tertiary/aromatic N) is 2. The molecule has 1 aromatic rings. The van der Waals surface area contributed by atoms with Crippen LogP contribution in [0, 0.1) is 0 Å². The van der Waals surface area contributed by atoms with Crippen LogP contribution in [0.25, 0.3) is 0 Å². The zero-order valence-corrected chi connectivity index (χ0v) is 13.8. The second-order valence-electron chi connectivity index (χ2n) is 6.16. The fourth-order valence-corrected chi connectivity index (χ4v) is 3.29. The van der Waals surface area contributed by atoms with Gasteiger partial charge in [0.15, 0.2) is 11.5 Å². The standard InChI is InChI=1S/C18H22N2O3/c1-11(17-12(2)19-20-18(17)21)13-8-9-15(22-3)16(10-13)23-14-6-4-5-7-14/h8-11,14H,4-7H2,1-3H3. The number of allylic oxidation sites excluding steroid dienone is 1. The van der Waals surface area contributed by atoms with Crippen LogP contribution in [0.1, 0.15) is 51.0 Å². The topological polar surface area (TPSA) is 60.2 Å². The minimum absolute atomic E-state index is 0.0747. The number of carbonyl (C=O) groups excluding carboxylic acids is 1. The van der Waals surface area contributed by atoms with E-state index >= 15 is 0 Å². The summed E-state index contributed by atoms with van der Waals surface area (Å²) in [4.78, 5) is 11.9. The first-order chi connectivity index (χ1) is 11.1. The van der Waals surface area contributed by atoms with Crippen molar-refractivity contribution in [3.63, 3.8) is 0 Å². The number of carbonyl (C=O) groups is 1. The molecule has 3 rings (SSSR count). The third-order valence-electron chi connectivity index (χ3n) is 4.63. The number of amides is 1. The predicted molar refractivity (Wildman–Crippen MR) is 86.9 cm³/mol. The van der Waals surface area contributed by atoms with E-state index in [0.717, 1.165) is 29.9 Å². The van der Waals surface area contributed by atoms with E-state index in [1.807, 2.05) is 32.0 Å². The van der Waals surface area contributed by atoms with Gasteiger partial charge in [-0.15, -0.1) is 5.11 Å². The highest BCUT2D eigenvalue weighted by atomic mass is 16.5. The molecule has 1 aromatic carbocycles. The highest BCUT2D eigenvalue weighted by molar-refractivity contribution is 5.97. The number of ether oxygens (including phenoxy) is 2. The van der Waals surface area contributed by atoms with Crippen molar-refractivity contribution in [2.75, 3.05) is 7.11 Å². The molecule has 0 saturated heterocycles. The second kappa shape index (κ2) is 6.52. The fourth-order valence-electron chi connectivity index (χ4n) is 3.29. The lowest BCUT2D eigenvalue weighted by Crippen LogP contribution is -2.12. The van der Waals surface area contributed by atoms with E-state index in [9.17, 15) is 4.79 Å². The second-order valence-corrected chi connectivity index (χ2v) is 6.16. The first kappa shape index (κ1) is 15.7. The van der Waals surface area contributed by atoms with Gasteiger partial charge >= 0.3 is 0 Å². The van der Waals surface area contributed by atoms with Crippen LogP contribution < -0.4 is 9.47 Å². The van der Waals surface area contributed by atoms with Gasteiger partial charge in [0.05, 0.1) is 24.5 Å². The van der Waals surface area contributed by atoms with Crippen LogP contribution in [0.2, 0.25) is 0 Å². The number of rotatable bonds is 5. The Balaban J connectivity index is 1.88. The highest BCUT2D eigenvalue weighted by Crippen LogP contribution is 2.37. The summed E-state index contributed by atoms with van der Waals surface area (Å²) in [6.45, 7) is 3.81. The number of hydrogen-bond donors (Lipinski definition) is 0. The summed E-state index contributed by atoms with van der Waals surface area (Å²) in [7, 11) is 1.64. The molecule has 0 spiro atoms. The Bertz CT molecular complexity index is 673. The first-order valence-corrected chi connectivity index (χ1v) is 8.11. The molecule has 122 valence electrons. The van der Waals surface area contributed by atoms with Gasteiger partial charge in [0.1, 0.15) is 0 Å². The van der Waals surface area contributed by atoms with E-state index in [1.54, 1.807) is 7.11 Å². The van der Waals surface area contributed by atoms with Gasteiger partial charge in [-0.3, -0.25) is 4.79 Å².